The highest BCUT2D eigenvalue weighted by molar-refractivity contribution is 7.47. The molecule has 256 valence electrons. The first-order chi connectivity index (χ1) is 21.1. The lowest BCUT2D eigenvalue weighted by Gasteiger charge is -2.19. The minimum Gasteiger partial charge on any atom is -0.390 e. The smallest absolute Gasteiger partial charge is 0.390 e. The Morgan fingerprint density at radius 1 is 0.955 bits per heavy atom. The number of hydrogen-bond acceptors (Lipinski definition) is 9. The zero-order valence-corrected chi connectivity index (χ0v) is 27.1. The molecular weight excluding hydrogens is 598 g/mol. The van der Waals surface area contributed by atoms with Crippen molar-refractivity contribution in [1.29, 1.82) is 0 Å². The second-order valence-electron chi connectivity index (χ2n) is 11.7. The molecule has 4 N–H and O–H groups in total. The third-order valence-corrected chi connectivity index (χ3v) is 8.67. The highest BCUT2D eigenvalue weighted by Gasteiger charge is 2.38. The number of H-pyrrole nitrogens is 1. The van der Waals surface area contributed by atoms with E-state index in [0.717, 1.165) is 23.8 Å². The Morgan fingerprint density at radius 2 is 1.50 bits per heavy atom. The Morgan fingerprint density at radius 3 is 2.07 bits per heavy atom. The fourth-order valence-corrected chi connectivity index (χ4v) is 5.89. The van der Waals surface area contributed by atoms with Gasteiger partial charge in [0.2, 0.25) is 5.82 Å². The third-order valence-electron chi connectivity index (χ3n) is 7.72. The number of aromatic nitrogens is 2. The van der Waals surface area contributed by atoms with E-state index in [1.54, 1.807) is 4.98 Å². The molecule has 0 aliphatic carbocycles. The molecule has 0 aromatic carbocycles. The molecule has 1 fully saturated rings. The number of aliphatic hydroxyl groups is 2. The van der Waals surface area contributed by atoms with Crippen LogP contribution in [0.3, 0.4) is 0 Å². The summed E-state index contributed by atoms with van der Waals surface area (Å²) < 4.78 is 47.1. The first kappa shape index (κ1) is 38.7. The van der Waals surface area contributed by atoms with E-state index in [1.165, 1.54) is 83.5 Å². The van der Waals surface area contributed by atoms with Gasteiger partial charge in [0.1, 0.15) is 18.4 Å². The average Bonchev–Trinajstić information content (AvgIpc) is 3.36. The number of rotatable bonds is 26. The number of hydrogen-bond donors (Lipinski definition) is 4. The highest BCUT2D eigenvalue weighted by Crippen LogP contribution is 2.44. The summed E-state index contributed by atoms with van der Waals surface area (Å²) in [5.41, 5.74) is -2.12. The van der Waals surface area contributed by atoms with Crippen LogP contribution in [0.15, 0.2) is 15.8 Å². The predicted octanol–water partition coefficient (Wildman–Crippen LogP) is 5.10. The quantitative estimate of drug-likeness (QED) is 0.0781. The van der Waals surface area contributed by atoms with Gasteiger partial charge in [-0.15, -0.1) is 0 Å². The predicted molar refractivity (Wildman–Crippen MR) is 164 cm³/mol. The van der Waals surface area contributed by atoms with E-state index in [4.69, 9.17) is 18.5 Å². The van der Waals surface area contributed by atoms with E-state index in [1.807, 2.05) is 0 Å². The van der Waals surface area contributed by atoms with Crippen LogP contribution in [0.4, 0.5) is 4.39 Å². The van der Waals surface area contributed by atoms with Crippen molar-refractivity contribution in [2.75, 3.05) is 26.4 Å². The lowest BCUT2D eigenvalue weighted by molar-refractivity contribution is -0.0494. The molecule has 0 saturated carbocycles. The van der Waals surface area contributed by atoms with Crippen molar-refractivity contribution >= 4 is 7.82 Å². The SMILES string of the molecule is CCCCCCCCCCCCCCCCCCOCC(O)COP(=O)(O)OC[C@H]1O[C@@H](n2cc(F)c(=O)[nH]c2=O)C[C@@H]1O. The van der Waals surface area contributed by atoms with Crippen LogP contribution in [-0.4, -0.2) is 69.4 Å². The van der Waals surface area contributed by atoms with Gasteiger partial charge in [0.15, 0.2) is 0 Å². The fourth-order valence-electron chi connectivity index (χ4n) is 5.12. The molecule has 44 heavy (non-hydrogen) atoms. The molecule has 0 amide bonds. The molecule has 1 aromatic rings. The summed E-state index contributed by atoms with van der Waals surface area (Å²) in [5, 5.41) is 20.2. The number of aromatic amines is 1. The van der Waals surface area contributed by atoms with Gasteiger partial charge in [-0.3, -0.25) is 23.4 Å². The van der Waals surface area contributed by atoms with E-state index in [9.17, 15) is 33.7 Å². The van der Waals surface area contributed by atoms with Crippen LogP contribution in [0.1, 0.15) is 122 Å². The zero-order chi connectivity index (χ0) is 32.2. The van der Waals surface area contributed by atoms with Crippen molar-refractivity contribution in [2.24, 2.45) is 0 Å². The molecule has 1 aliphatic heterocycles. The Labute approximate surface area is 259 Å². The summed E-state index contributed by atoms with van der Waals surface area (Å²) in [5.74, 6) is -1.21. The van der Waals surface area contributed by atoms with Gasteiger partial charge < -0.3 is 24.6 Å². The number of nitrogens with zero attached hydrogens (tertiary/aromatic N) is 1. The first-order valence-electron chi connectivity index (χ1n) is 16.3. The summed E-state index contributed by atoms with van der Waals surface area (Å²) in [6, 6.07) is 0. The van der Waals surface area contributed by atoms with Gasteiger partial charge in [-0.25, -0.2) is 9.36 Å². The Balaban J connectivity index is 1.44. The van der Waals surface area contributed by atoms with Crippen LogP contribution in [0.25, 0.3) is 0 Å². The molecule has 0 radical (unpaired) electrons. The monoisotopic (exact) mass is 652 g/mol. The Kier molecular flexibility index (Phi) is 19.5. The number of unbranched alkanes of at least 4 members (excludes halogenated alkanes) is 15. The number of phosphoric ester groups is 1. The second kappa shape index (κ2) is 22.1. The number of aliphatic hydroxyl groups excluding tert-OH is 2. The highest BCUT2D eigenvalue weighted by atomic mass is 31.2. The lowest BCUT2D eigenvalue weighted by Crippen LogP contribution is -2.34. The summed E-state index contributed by atoms with van der Waals surface area (Å²) in [6.07, 6.45) is 16.4. The number of phosphoric acid groups is 1. The summed E-state index contributed by atoms with van der Waals surface area (Å²) in [4.78, 5) is 34.8. The molecule has 1 aliphatic rings. The fraction of sp³-hybridized carbons (Fsp3) is 0.867. The van der Waals surface area contributed by atoms with Crippen LogP contribution in [0.2, 0.25) is 0 Å². The van der Waals surface area contributed by atoms with Crippen molar-refractivity contribution in [2.45, 2.75) is 141 Å². The zero-order valence-electron chi connectivity index (χ0n) is 26.2. The van der Waals surface area contributed by atoms with Gasteiger partial charge >= 0.3 is 13.5 Å². The van der Waals surface area contributed by atoms with Crippen molar-refractivity contribution in [1.82, 2.24) is 9.55 Å². The van der Waals surface area contributed by atoms with Gasteiger partial charge in [-0.2, -0.15) is 4.39 Å². The second-order valence-corrected chi connectivity index (χ2v) is 13.1. The van der Waals surface area contributed by atoms with Gasteiger partial charge in [0.05, 0.1) is 32.1 Å². The average molecular weight is 653 g/mol. The molecule has 0 bridgehead atoms. The lowest BCUT2D eigenvalue weighted by atomic mass is 10.0. The van der Waals surface area contributed by atoms with Gasteiger partial charge in [0, 0.05) is 13.0 Å². The van der Waals surface area contributed by atoms with Crippen molar-refractivity contribution in [3.63, 3.8) is 0 Å². The van der Waals surface area contributed by atoms with Gasteiger partial charge in [-0.1, -0.05) is 103 Å². The molecule has 5 atom stereocenters. The molecule has 14 heteroatoms. The van der Waals surface area contributed by atoms with E-state index in [0.29, 0.717) is 12.8 Å². The van der Waals surface area contributed by atoms with Crippen LogP contribution < -0.4 is 11.2 Å². The van der Waals surface area contributed by atoms with Crippen LogP contribution >= 0.6 is 7.82 Å². The van der Waals surface area contributed by atoms with Crippen LogP contribution in [0, 0.1) is 5.82 Å². The number of halogens is 1. The first-order valence-corrected chi connectivity index (χ1v) is 17.8. The minimum absolute atomic E-state index is 0.0602. The molecule has 1 saturated heterocycles. The maximum atomic E-state index is 13.6. The van der Waals surface area contributed by atoms with Crippen molar-refractivity contribution in [3.05, 3.63) is 32.9 Å². The molecule has 2 heterocycles. The third kappa shape index (κ3) is 16.2. The van der Waals surface area contributed by atoms with Crippen LogP contribution in [-0.2, 0) is 23.1 Å². The standard InChI is InChI=1S/C30H54FN2O10P/c1-2-3-4-5-6-7-8-9-10-11-12-13-14-15-16-17-18-40-21-24(34)22-41-44(38,39)42-23-27-26(35)19-28(43-27)33-20-25(31)29(36)32-30(33)37/h20,24,26-28,34-35H,2-19,21-23H2,1H3,(H,38,39)(H,32,36,37)/t24?,26-,27+,28+/m0/s1. The summed E-state index contributed by atoms with van der Waals surface area (Å²) in [6.45, 7) is 1.59. The summed E-state index contributed by atoms with van der Waals surface area (Å²) in [7, 11) is -4.60. The maximum absolute atomic E-state index is 13.6. The van der Waals surface area contributed by atoms with Crippen molar-refractivity contribution in [3.8, 4) is 0 Å². The Hall–Kier alpha value is -1.44. The number of nitrogens with one attached hydrogen (secondary N) is 1. The molecule has 12 nitrogen and oxygen atoms in total. The molecule has 2 rings (SSSR count). The largest absolute Gasteiger partial charge is 0.472 e. The molecule has 0 spiro atoms. The molecular formula is C30H54FN2O10P. The van der Waals surface area contributed by atoms with Gasteiger partial charge in [0.25, 0.3) is 5.56 Å². The topological polar surface area (TPSA) is 170 Å². The van der Waals surface area contributed by atoms with E-state index < -0.39 is 62.6 Å². The normalized spacial score (nSPS) is 20.6. The maximum Gasteiger partial charge on any atom is 0.472 e. The van der Waals surface area contributed by atoms with E-state index >= 15 is 0 Å². The Bertz CT molecular complexity index is 1070. The van der Waals surface area contributed by atoms with E-state index in [-0.39, 0.29) is 13.0 Å². The van der Waals surface area contributed by atoms with Crippen molar-refractivity contribution < 1.29 is 42.6 Å². The van der Waals surface area contributed by atoms with E-state index in [2.05, 4.69) is 6.92 Å². The molecule has 2 unspecified atom stereocenters. The summed E-state index contributed by atoms with van der Waals surface area (Å²) >= 11 is 0. The minimum atomic E-state index is -4.60. The number of ether oxygens (including phenoxy) is 2. The van der Waals surface area contributed by atoms with Gasteiger partial charge in [-0.05, 0) is 6.42 Å². The molecule has 1 aromatic heterocycles. The van der Waals surface area contributed by atoms with Crippen LogP contribution in [0.5, 0.6) is 0 Å².